The van der Waals surface area contributed by atoms with E-state index in [-0.39, 0.29) is 5.91 Å². The lowest BCUT2D eigenvalue weighted by Gasteiger charge is -1.91. The molecule has 6 nitrogen and oxygen atoms in total. The zero-order valence-electron chi connectivity index (χ0n) is 11.5. The van der Waals surface area contributed by atoms with Gasteiger partial charge in [0.25, 0.3) is 5.89 Å². The highest BCUT2D eigenvalue weighted by atomic mass is 32.1. The van der Waals surface area contributed by atoms with Crippen molar-refractivity contribution in [2.24, 2.45) is 0 Å². The number of hydrogen-bond donors (Lipinski definition) is 1. The Morgan fingerprint density at radius 3 is 2.71 bits per heavy atom. The number of amides is 1. The molecule has 106 valence electrons. The Hall–Kier alpha value is -2.54. The van der Waals surface area contributed by atoms with Crippen LogP contribution in [-0.2, 0) is 4.79 Å². The summed E-state index contributed by atoms with van der Waals surface area (Å²) in [7, 11) is 0. The van der Waals surface area contributed by atoms with Gasteiger partial charge in [0.2, 0.25) is 11.7 Å². The van der Waals surface area contributed by atoms with Crippen molar-refractivity contribution >= 4 is 22.4 Å². The highest BCUT2D eigenvalue weighted by Gasteiger charge is 2.17. The molecule has 0 spiro atoms. The van der Waals surface area contributed by atoms with Crippen molar-refractivity contribution in [1.82, 2.24) is 15.1 Å². The summed E-state index contributed by atoms with van der Waals surface area (Å²) in [5, 5.41) is 7.16. The smallest absolute Gasteiger partial charge is 0.270 e. The van der Waals surface area contributed by atoms with E-state index in [1.165, 1.54) is 18.3 Å². The molecule has 3 rings (SSSR count). The Morgan fingerprint density at radius 1 is 1.24 bits per heavy atom. The lowest BCUT2D eigenvalue weighted by molar-refractivity contribution is -0.114. The van der Waals surface area contributed by atoms with Gasteiger partial charge in [-0.2, -0.15) is 4.98 Å². The maximum Gasteiger partial charge on any atom is 0.270 e. The molecule has 0 bridgehead atoms. The van der Waals surface area contributed by atoms with Crippen LogP contribution in [0.3, 0.4) is 0 Å². The summed E-state index contributed by atoms with van der Waals surface area (Å²) < 4.78 is 5.30. The van der Waals surface area contributed by atoms with E-state index in [0.29, 0.717) is 16.8 Å². The van der Waals surface area contributed by atoms with Crippen molar-refractivity contribution in [1.29, 1.82) is 0 Å². The Kier molecular flexibility index (Phi) is 3.49. The Bertz CT molecular complexity index is 779. The zero-order chi connectivity index (χ0) is 14.8. The first kappa shape index (κ1) is 13.4. The quantitative estimate of drug-likeness (QED) is 0.803. The molecule has 2 aromatic heterocycles. The van der Waals surface area contributed by atoms with Gasteiger partial charge in [-0.15, -0.1) is 0 Å². The number of hydrogen-bond acceptors (Lipinski definition) is 6. The predicted molar refractivity (Wildman–Crippen MR) is 79.9 cm³/mol. The van der Waals surface area contributed by atoms with Crippen LogP contribution in [-0.4, -0.2) is 21.0 Å². The molecular weight excluding hydrogens is 288 g/mol. The summed E-state index contributed by atoms with van der Waals surface area (Å²) in [4.78, 5) is 20.5. The van der Waals surface area contributed by atoms with Crippen LogP contribution in [0.25, 0.3) is 22.2 Å². The summed E-state index contributed by atoms with van der Waals surface area (Å²) in [6.07, 6.45) is 0. The van der Waals surface area contributed by atoms with E-state index in [1.807, 2.05) is 37.3 Å². The lowest BCUT2D eigenvalue weighted by atomic mass is 10.2. The zero-order valence-corrected chi connectivity index (χ0v) is 12.3. The molecule has 0 saturated heterocycles. The summed E-state index contributed by atoms with van der Waals surface area (Å²) in [6.45, 7) is 3.28. The number of carbonyl (C=O) groups excluding carboxylic acids is 1. The highest BCUT2D eigenvalue weighted by Crippen LogP contribution is 2.32. The minimum Gasteiger partial charge on any atom is -0.333 e. The van der Waals surface area contributed by atoms with Crippen molar-refractivity contribution in [2.75, 3.05) is 5.32 Å². The Morgan fingerprint density at radius 2 is 2.00 bits per heavy atom. The fourth-order valence-corrected chi connectivity index (χ4v) is 2.75. The number of nitrogens with zero attached hydrogens (tertiary/aromatic N) is 3. The average Bonchev–Trinajstić information content (AvgIpc) is 3.06. The number of benzene rings is 1. The van der Waals surface area contributed by atoms with Crippen LogP contribution in [0.1, 0.15) is 12.6 Å². The van der Waals surface area contributed by atoms with Gasteiger partial charge in [-0.05, 0) is 6.92 Å². The van der Waals surface area contributed by atoms with E-state index >= 15 is 0 Å². The third kappa shape index (κ3) is 2.82. The van der Waals surface area contributed by atoms with Crippen LogP contribution in [0.4, 0.5) is 5.13 Å². The number of rotatable bonds is 3. The third-order valence-corrected chi connectivity index (χ3v) is 3.79. The summed E-state index contributed by atoms with van der Waals surface area (Å²) in [6, 6.07) is 9.59. The Labute approximate surface area is 124 Å². The molecule has 0 radical (unpaired) electrons. The monoisotopic (exact) mass is 300 g/mol. The minimum absolute atomic E-state index is 0.161. The van der Waals surface area contributed by atoms with Crippen LogP contribution >= 0.6 is 11.3 Å². The fraction of sp³-hybridized carbons (Fsp3) is 0.143. The van der Waals surface area contributed by atoms with Crippen LogP contribution in [0, 0.1) is 6.92 Å². The Balaban J connectivity index is 1.93. The number of thiazole rings is 1. The molecular formula is C14H12N4O2S. The summed E-state index contributed by atoms with van der Waals surface area (Å²) >= 11 is 1.31. The van der Waals surface area contributed by atoms with Gasteiger partial charge in [-0.25, -0.2) is 4.98 Å². The van der Waals surface area contributed by atoms with Gasteiger partial charge in [0.15, 0.2) is 5.13 Å². The molecule has 2 heterocycles. The van der Waals surface area contributed by atoms with E-state index < -0.39 is 0 Å². The van der Waals surface area contributed by atoms with Gasteiger partial charge in [0.1, 0.15) is 4.88 Å². The molecule has 1 aromatic carbocycles. The van der Waals surface area contributed by atoms with E-state index in [2.05, 4.69) is 20.4 Å². The molecule has 0 unspecified atom stereocenters. The predicted octanol–water partition coefficient (Wildman–Crippen LogP) is 3.13. The molecule has 0 fully saturated rings. The third-order valence-electron chi connectivity index (χ3n) is 2.73. The maximum atomic E-state index is 11.1. The summed E-state index contributed by atoms with van der Waals surface area (Å²) in [5.74, 6) is 0.769. The second-order valence-corrected chi connectivity index (χ2v) is 5.40. The fourth-order valence-electron chi connectivity index (χ4n) is 1.82. The number of carbonyl (C=O) groups is 1. The molecule has 0 aliphatic carbocycles. The van der Waals surface area contributed by atoms with E-state index in [4.69, 9.17) is 4.52 Å². The van der Waals surface area contributed by atoms with Crippen molar-refractivity contribution < 1.29 is 9.32 Å². The first-order chi connectivity index (χ1) is 10.1. The molecule has 0 aliphatic rings. The standard InChI is InChI=1S/C14H12N4O2S/c1-8-11(21-14(15-8)16-9(2)19)13-17-12(18-20-13)10-6-4-3-5-7-10/h3-7H,1-2H3,(H,15,16,19). The number of aromatic nitrogens is 3. The van der Waals surface area contributed by atoms with Crippen LogP contribution in [0.2, 0.25) is 0 Å². The first-order valence-electron chi connectivity index (χ1n) is 6.28. The molecule has 0 saturated carbocycles. The van der Waals surface area contributed by atoms with E-state index in [0.717, 1.165) is 16.1 Å². The molecule has 1 amide bonds. The molecule has 0 atom stereocenters. The average molecular weight is 300 g/mol. The number of anilines is 1. The van der Waals surface area contributed by atoms with E-state index in [1.54, 1.807) is 0 Å². The lowest BCUT2D eigenvalue weighted by Crippen LogP contribution is -2.04. The summed E-state index contributed by atoms with van der Waals surface area (Å²) in [5.41, 5.74) is 1.63. The molecule has 7 heteroatoms. The van der Waals surface area contributed by atoms with Gasteiger partial charge >= 0.3 is 0 Å². The van der Waals surface area contributed by atoms with Gasteiger partial charge < -0.3 is 9.84 Å². The highest BCUT2D eigenvalue weighted by molar-refractivity contribution is 7.19. The van der Waals surface area contributed by atoms with Gasteiger partial charge in [-0.1, -0.05) is 46.8 Å². The molecule has 21 heavy (non-hydrogen) atoms. The largest absolute Gasteiger partial charge is 0.333 e. The van der Waals surface area contributed by atoms with Gasteiger partial charge in [0.05, 0.1) is 5.69 Å². The van der Waals surface area contributed by atoms with Crippen LogP contribution < -0.4 is 5.32 Å². The van der Waals surface area contributed by atoms with Crippen LogP contribution in [0.5, 0.6) is 0 Å². The second kappa shape index (κ2) is 5.45. The van der Waals surface area contributed by atoms with Crippen LogP contribution in [0.15, 0.2) is 34.9 Å². The minimum atomic E-state index is -0.161. The van der Waals surface area contributed by atoms with Crippen molar-refractivity contribution in [3.05, 3.63) is 36.0 Å². The molecule has 0 aliphatic heterocycles. The van der Waals surface area contributed by atoms with Gasteiger partial charge in [-0.3, -0.25) is 4.79 Å². The number of aryl methyl sites for hydroxylation is 1. The normalized spacial score (nSPS) is 10.6. The first-order valence-corrected chi connectivity index (χ1v) is 7.09. The molecule has 1 N–H and O–H groups in total. The van der Waals surface area contributed by atoms with Crippen molar-refractivity contribution in [2.45, 2.75) is 13.8 Å². The van der Waals surface area contributed by atoms with Gasteiger partial charge in [0, 0.05) is 12.5 Å². The molecule has 3 aromatic rings. The number of nitrogens with one attached hydrogen (secondary N) is 1. The maximum absolute atomic E-state index is 11.1. The SMILES string of the molecule is CC(=O)Nc1nc(C)c(-c2nc(-c3ccccc3)no2)s1. The van der Waals surface area contributed by atoms with E-state index in [9.17, 15) is 4.79 Å². The topological polar surface area (TPSA) is 80.9 Å². The van der Waals surface area contributed by atoms with Crippen molar-refractivity contribution in [3.63, 3.8) is 0 Å². The van der Waals surface area contributed by atoms with Crippen molar-refractivity contribution in [3.8, 4) is 22.2 Å². The second-order valence-electron chi connectivity index (χ2n) is 4.40.